The van der Waals surface area contributed by atoms with E-state index in [0.29, 0.717) is 0 Å². The smallest absolute Gasteiger partial charge is 0.230 e. The fourth-order valence-corrected chi connectivity index (χ4v) is 3.08. The summed E-state index contributed by atoms with van der Waals surface area (Å²) >= 11 is 3.00. The van der Waals surface area contributed by atoms with Crippen LogP contribution in [0.4, 0.5) is 0 Å². The third kappa shape index (κ3) is 2.04. The van der Waals surface area contributed by atoms with Gasteiger partial charge in [-0.05, 0) is 29.7 Å². The van der Waals surface area contributed by atoms with Crippen LogP contribution in [0, 0.1) is 0 Å². The third-order valence-electron chi connectivity index (χ3n) is 2.50. The SMILES string of the molecule is CSc1nc(O)c(/C=c2\ccc3c(c2)C=NN=3)s1. The minimum atomic E-state index is 0.0863. The minimum absolute atomic E-state index is 0.0863. The normalized spacial score (nSPS) is 13.7. The van der Waals surface area contributed by atoms with E-state index in [1.165, 1.54) is 23.1 Å². The number of hydrogen-bond acceptors (Lipinski definition) is 6. The molecular weight excluding hydrogens is 266 g/mol. The highest BCUT2D eigenvalue weighted by molar-refractivity contribution is 8.00. The number of fused-ring (bicyclic) bond motifs is 1. The summed E-state index contributed by atoms with van der Waals surface area (Å²) in [6, 6.07) is 5.87. The Balaban J connectivity index is 2.09. The van der Waals surface area contributed by atoms with E-state index in [1.807, 2.05) is 30.5 Å². The predicted octanol–water partition coefficient (Wildman–Crippen LogP) is 1.37. The van der Waals surface area contributed by atoms with Gasteiger partial charge in [-0.15, -0.1) is 11.3 Å². The molecule has 0 radical (unpaired) electrons. The van der Waals surface area contributed by atoms with Gasteiger partial charge in [0, 0.05) is 5.56 Å². The third-order valence-corrected chi connectivity index (χ3v) is 4.48. The predicted molar refractivity (Wildman–Crippen MR) is 73.9 cm³/mol. The molecule has 0 aliphatic carbocycles. The molecule has 2 aromatic rings. The molecule has 6 heteroatoms. The highest BCUT2D eigenvalue weighted by Gasteiger charge is 2.06. The van der Waals surface area contributed by atoms with Crippen LogP contribution in [-0.2, 0) is 0 Å². The van der Waals surface area contributed by atoms with E-state index in [-0.39, 0.29) is 5.88 Å². The second-order valence-corrected chi connectivity index (χ2v) is 5.76. The number of thiazole rings is 1. The zero-order valence-corrected chi connectivity index (χ0v) is 11.1. The summed E-state index contributed by atoms with van der Waals surface area (Å²) in [5.74, 6) is 0.0863. The van der Waals surface area contributed by atoms with Crippen molar-refractivity contribution < 1.29 is 5.11 Å². The maximum absolute atomic E-state index is 9.73. The molecule has 0 spiro atoms. The van der Waals surface area contributed by atoms with Crippen molar-refractivity contribution >= 4 is 35.4 Å². The average Bonchev–Trinajstić information content (AvgIpc) is 2.96. The Morgan fingerprint density at radius 2 is 2.28 bits per heavy atom. The van der Waals surface area contributed by atoms with Crippen LogP contribution in [0.1, 0.15) is 10.4 Å². The molecule has 1 aliphatic rings. The first-order valence-electron chi connectivity index (χ1n) is 5.23. The molecule has 0 atom stereocenters. The van der Waals surface area contributed by atoms with Gasteiger partial charge in [-0.3, -0.25) is 0 Å². The highest BCUT2D eigenvalue weighted by Crippen LogP contribution is 2.30. The van der Waals surface area contributed by atoms with Crippen LogP contribution in [0.15, 0.2) is 32.7 Å². The Kier molecular flexibility index (Phi) is 2.89. The van der Waals surface area contributed by atoms with Crippen molar-refractivity contribution in [3.8, 4) is 5.88 Å². The molecule has 0 saturated carbocycles. The fourth-order valence-electron chi connectivity index (χ4n) is 1.65. The van der Waals surface area contributed by atoms with E-state index >= 15 is 0 Å². The number of hydrogen-bond donors (Lipinski definition) is 1. The molecule has 90 valence electrons. The quantitative estimate of drug-likeness (QED) is 0.842. The molecule has 2 heterocycles. The number of nitrogens with zero attached hydrogens (tertiary/aromatic N) is 3. The molecule has 0 fully saturated rings. The van der Waals surface area contributed by atoms with Crippen LogP contribution in [0.5, 0.6) is 5.88 Å². The van der Waals surface area contributed by atoms with E-state index in [2.05, 4.69) is 15.2 Å². The van der Waals surface area contributed by atoms with Gasteiger partial charge in [0.25, 0.3) is 0 Å². The number of aromatic hydroxyl groups is 1. The van der Waals surface area contributed by atoms with E-state index in [9.17, 15) is 5.11 Å². The van der Waals surface area contributed by atoms with Crippen molar-refractivity contribution in [3.63, 3.8) is 0 Å². The van der Waals surface area contributed by atoms with E-state index in [1.54, 1.807) is 6.21 Å². The van der Waals surface area contributed by atoms with Crippen LogP contribution < -0.4 is 10.6 Å². The van der Waals surface area contributed by atoms with Gasteiger partial charge in [0.05, 0.1) is 16.4 Å². The molecule has 3 rings (SSSR count). The highest BCUT2D eigenvalue weighted by atomic mass is 32.2. The van der Waals surface area contributed by atoms with Gasteiger partial charge >= 0.3 is 0 Å². The lowest BCUT2D eigenvalue weighted by molar-refractivity contribution is 0.453. The number of benzene rings is 1. The van der Waals surface area contributed by atoms with Crippen LogP contribution in [0.25, 0.3) is 6.08 Å². The van der Waals surface area contributed by atoms with Crippen molar-refractivity contribution in [1.29, 1.82) is 0 Å². The Morgan fingerprint density at radius 1 is 1.39 bits per heavy atom. The fraction of sp³-hybridized carbons (Fsp3) is 0.0833. The number of aromatic nitrogens is 1. The van der Waals surface area contributed by atoms with Crippen LogP contribution in [-0.4, -0.2) is 22.6 Å². The molecular formula is C12H9N3OS2. The molecule has 1 N–H and O–H groups in total. The van der Waals surface area contributed by atoms with E-state index < -0.39 is 0 Å². The molecule has 1 aromatic carbocycles. The Hall–Kier alpha value is -1.66. The lowest BCUT2D eigenvalue weighted by Gasteiger charge is -1.90. The molecule has 1 aliphatic heterocycles. The molecule has 0 amide bonds. The summed E-state index contributed by atoms with van der Waals surface area (Å²) in [6.07, 6.45) is 5.58. The lowest BCUT2D eigenvalue weighted by atomic mass is 10.2. The Morgan fingerprint density at radius 3 is 3.06 bits per heavy atom. The Bertz CT molecular complexity index is 749. The minimum Gasteiger partial charge on any atom is -0.492 e. The molecule has 0 bridgehead atoms. The molecule has 4 nitrogen and oxygen atoms in total. The average molecular weight is 275 g/mol. The van der Waals surface area contributed by atoms with Gasteiger partial charge < -0.3 is 5.11 Å². The van der Waals surface area contributed by atoms with Gasteiger partial charge in [-0.25, -0.2) is 0 Å². The summed E-state index contributed by atoms with van der Waals surface area (Å²) in [4.78, 5) is 4.83. The number of rotatable bonds is 2. The monoisotopic (exact) mass is 275 g/mol. The first-order chi connectivity index (χ1) is 8.76. The van der Waals surface area contributed by atoms with Crippen molar-refractivity contribution in [2.45, 2.75) is 4.34 Å². The second-order valence-electron chi connectivity index (χ2n) is 3.68. The summed E-state index contributed by atoms with van der Waals surface area (Å²) in [6.45, 7) is 0. The largest absolute Gasteiger partial charge is 0.492 e. The van der Waals surface area contributed by atoms with Crippen LogP contribution in [0.2, 0.25) is 0 Å². The standard InChI is InChI=1S/C12H9N3OS2/c1-17-12-14-11(16)10(18-12)5-7-2-3-9-8(4-7)6-13-15-9/h2-6,16H,1H3/b7-5+. The van der Waals surface area contributed by atoms with Crippen molar-refractivity contribution in [3.05, 3.63) is 39.2 Å². The topological polar surface area (TPSA) is 57.8 Å². The van der Waals surface area contributed by atoms with E-state index in [4.69, 9.17) is 0 Å². The molecule has 0 saturated heterocycles. The summed E-state index contributed by atoms with van der Waals surface area (Å²) in [7, 11) is 0. The van der Waals surface area contributed by atoms with Gasteiger partial charge in [-0.2, -0.15) is 15.2 Å². The van der Waals surface area contributed by atoms with Crippen LogP contribution in [0.3, 0.4) is 0 Å². The maximum Gasteiger partial charge on any atom is 0.230 e. The molecule has 18 heavy (non-hydrogen) atoms. The van der Waals surface area contributed by atoms with Gasteiger partial charge in [0.15, 0.2) is 4.34 Å². The maximum atomic E-state index is 9.73. The number of thioether (sulfide) groups is 1. The molecule has 0 unspecified atom stereocenters. The summed E-state index contributed by atoms with van der Waals surface area (Å²) < 4.78 is 0.858. The first kappa shape index (κ1) is 11.4. The zero-order valence-electron chi connectivity index (χ0n) is 9.49. The van der Waals surface area contributed by atoms with Crippen LogP contribution >= 0.6 is 23.1 Å². The lowest BCUT2D eigenvalue weighted by Crippen LogP contribution is -2.11. The summed E-state index contributed by atoms with van der Waals surface area (Å²) in [5, 5.41) is 19.4. The summed E-state index contributed by atoms with van der Waals surface area (Å²) in [5.41, 5.74) is 0.998. The second kappa shape index (κ2) is 4.55. The first-order valence-corrected chi connectivity index (χ1v) is 7.27. The van der Waals surface area contributed by atoms with Gasteiger partial charge in [0.2, 0.25) is 5.88 Å². The van der Waals surface area contributed by atoms with E-state index in [0.717, 1.165) is 25.4 Å². The molecule has 1 aromatic heterocycles. The zero-order chi connectivity index (χ0) is 12.5. The van der Waals surface area contributed by atoms with Gasteiger partial charge in [-0.1, -0.05) is 17.8 Å². The van der Waals surface area contributed by atoms with Crippen molar-refractivity contribution in [2.24, 2.45) is 10.2 Å². The Labute approximate surface area is 111 Å². The van der Waals surface area contributed by atoms with Gasteiger partial charge in [0.1, 0.15) is 0 Å². The van der Waals surface area contributed by atoms with Crippen molar-refractivity contribution in [1.82, 2.24) is 4.98 Å². The van der Waals surface area contributed by atoms with Crippen molar-refractivity contribution in [2.75, 3.05) is 6.26 Å².